The van der Waals surface area contributed by atoms with Gasteiger partial charge in [0.25, 0.3) is 0 Å². The summed E-state index contributed by atoms with van der Waals surface area (Å²) in [4.78, 5) is 0.163. The van der Waals surface area contributed by atoms with Gasteiger partial charge in [-0.2, -0.15) is 11.8 Å². The Morgan fingerprint density at radius 3 is 2.75 bits per heavy atom. The molecule has 1 heterocycles. The van der Waals surface area contributed by atoms with Gasteiger partial charge in [-0.1, -0.05) is 6.07 Å². The van der Waals surface area contributed by atoms with Gasteiger partial charge >= 0.3 is 0 Å². The summed E-state index contributed by atoms with van der Waals surface area (Å²) in [6.07, 6.45) is 2.27. The van der Waals surface area contributed by atoms with Crippen LogP contribution in [0.5, 0.6) is 0 Å². The molecular weight excluding hydrogens is 294 g/mol. The third-order valence-corrected chi connectivity index (χ3v) is 6.43. The average molecular weight is 315 g/mol. The molecule has 1 aliphatic rings. The van der Waals surface area contributed by atoms with E-state index in [2.05, 4.69) is 5.32 Å². The van der Waals surface area contributed by atoms with Crippen LogP contribution in [-0.2, 0) is 10.0 Å². The lowest BCUT2D eigenvalue weighted by Gasteiger charge is -2.25. The van der Waals surface area contributed by atoms with Crippen LogP contribution in [0.25, 0.3) is 0 Å². The quantitative estimate of drug-likeness (QED) is 0.829. The second kappa shape index (κ2) is 6.24. The molecule has 0 spiro atoms. The van der Waals surface area contributed by atoms with E-state index in [0.29, 0.717) is 17.4 Å². The van der Waals surface area contributed by atoms with Crippen LogP contribution in [0, 0.1) is 0 Å². The Morgan fingerprint density at radius 2 is 2.15 bits per heavy atom. The van der Waals surface area contributed by atoms with Crippen LogP contribution in [0.1, 0.15) is 12.8 Å². The van der Waals surface area contributed by atoms with Crippen LogP contribution < -0.4 is 11.1 Å². The van der Waals surface area contributed by atoms with Gasteiger partial charge in [-0.15, -0.1) is 0 Å². The molecule has 0 radical (unpaired) electrons. The molecule has 20 heavy (non-hydrogen) atoms. The number of rotatable bonds is 4. The van der Waals surface area contributed by atoms with E-state index in [1.165, 1.54) is 30.6 Å². The van der Waals surface area contributed by atoms with Gasteiger partial charge in [0.2, 0.25) is 10.0 Å². The first-order valence-corrected chi connectivity index (χ1v) is 9.17. The van der Waals surface area contributed by atoms with Crippen molar-refractivity contribution in [2.24, 2.45) is 0 Å². The summed E-state index contributed by atoms with van der Waals surface area (Å²) in [5.74, 6) is 2.23. The number of sulfonamides is 1. The molecule has 1 unspecified atom stereocenters. The van der Waals surface area contributed by atoms with Crippen molar-refractivity contribution in [2.45, 2.75) is 23.8 Å². The minimum absolute atomic E-state index is 0.163. The minimum Gasteiger partial charge on any atom is -0.396 e. The number of para-hydroxylation sites is 1. The molecule has 0 amide bonds. The molecule has 0 aromatic heterocycles. The monoisotopic (exact) mass is 315 g/mol. The summed E-state index contributed by atoms with van der Waals surface area (Å²) in [5, 5.41) is 3.37. The fraction of sp³-hybridized carbons (Fsp3) is 0.538. The fourth-order valence-electron chi connectivity index (χ4n) is 2.17. The van der Waals surface area contributed by atoms with E-state index < -0.39 is 10.0 Å². The number of anilines is 2. The molecule has 112 valence electrons. The summed E-state index contributed by atoms with van der Waals surface area (Å²) in [6.45, 7) is 0. The highest BCUT2D eigenvalue weighted by molar-refractivity contribution is 7.99. The van der Waals surface area contributed by atoms with Gasteiger partial charge in [0, 0.05) is 25.9 Å². The number of nitrogen functional groups attached to an aromatic ring is 1. The Kier molecular flexibility index (Phi) is 4.82. The minimum atomic E-state index is -3.51. The molecule has 2 rings (SSSR count). The standard InChI is InChI=1S/C13H21N3O2S2/c1-16(2)20(17,18)12-7-3-6-11(13(12)14)15-10-5-4-8-19-9-10/h3,6-7,10,15H,4-5,8-9,14H2,1-2H3. The van der Waals surface area contributed by atoms with Crippen LogP contribution in [-0.4, -0.2) is 44.4 Å². The second-order valence-electron chi connectivity index (χ2n) is 5.06. The highest BCUT2D eigenvalue weighted by Crippen LogP contribution is 2.30. The van der Waals surface area contributed by atoms with E-state index in [-0.39, 0.29) is 4.90 Å². The Morgan fingerprint density at radius 1 is 1.40 bits per heavy atom. The predicted octanol–water partition coefficient (Wildman–Crippen LogP) is 1.83. The van der Waals surface area contributed by atoms with Gasteiger partial charge in [-0.05, 0) is 30.7 Å². The van der Waals surface area contributed by atoms with Gasteiger partial charge in [0.15, 0.2) is 0 Å². The fourth-order valence-corrected chi connectivity index (χ4v) is 4.27. The highest BCUT2D eigenvalue weighted by Gasteiger charge is 2.22. The van der Waals surface area contributed by atoms with Gasteiger partial charge in [0.1, 0.15) is 4.90 Å². The number of nitrogens with two attached hydrogens (primary N) is 1. The van der Waals surface area contributed by atoms with Crippen LogP contribution in [0.2, 0.25) is 0 Å². The largest absolute Gasteiger partial charge is 0.396 e. The maximum absolute atomic E-state index is 12.2. The SMILES string of the molecule is CN(C)S(=O)(=O)c1cccc(NC2CCCSC2)c1N. The lowest BCUT2D eigenvalue weighted by molar-refractivity contribution is 0.521. The third-order valence-electron chi connectivity index (χ3n) is 3.34. The van der Waals surface area contributed by atoms with Gasteiger partial charge in [-0.3, -0.25) is 0 Å². The molecule has 0 bridgehead atoms. The van der Waals surface area contributed by atoms with E-state index in [1.807, 2.05) is 17.8 Å². The zero-order valence-electron chi connectivity index (χ0n) is 11.8. The molecule has 0 aliphatic carbocycles. The molecule has 1 aliphatic heterocycles. The van der Waals surface area contributed by atoms with Crippen molar-refractivity contribution in [3.8, 4) is 0 Å². The molecule has 1 aromatic rings. The molecule has 5 nitrogen and oxygen atoms in total. The van der Waals surface area contributed by atoms with E-state index in [1.54, 1.807) is 12.1 Å². The summed E-state index contributed by atoms with van der Waals surface area (Å²) in [7, 11) is -0.495. The maximum Gasteiger partial charge on any atom is 0.244 e. The Hall–Kier alpha value is -0.920. The number of nitrogens with one attached hydrogen (secondary N) is 1. The van der Waals surface area contributed by atoms with Crippen LogP contribution >= 0.6 is 11.8 Å². The zero-order chi connectivity index (χ0) is 14.8. The molecule has 0 saturated carbocycles. The van der Waals surface area contributed by atoms with Crippen molar-refractivity contribution in [3.05, 3.63) is 18.2 Å². The number of benzene rings is 1. The average Bonchev–Trinajstić information content (AvgIpc) is 2.42. The van der Waals surface area contributed by atoms with Gasteiger partial charge in [0.05, 0.1) is 11.4 Å². The van der Waals surface area contributed by atoms with Crippen molar-refractivity contribution >= 4 is 33.2 Å². The molecule has 1 atom stereocenters. The first kappa shape index (κ1) is 15.5. The smallest absolute Gasteiger partial charge is 0.244 e. The number of hydrogen-bond donors (Lipinski definition) is 2. The number of thioether (sulfide) groups is 1. The maximum atomic E-state index is 12.2. The summed E-state index contributed by atoms with van der Waals surface area (Å²) in [6, 6.07) is 5.47. The lowest BCUT2D eigenvalue weighted by atomic mass is 10.1. The summed E-state index contributed by atoms with van der Waals surface area (Å²) >= 11 is 1.91. The van der Waals surface area contributed by atoms with Crippen molar-refractivity contribution < 1.29 is 8.42 Å². The topological polar surface area (TPSA) is 75.4 Å². The van der Waals surface area contributed by atoms with Crippen molar-refractivity contribution in [3.63, 3.8) is 0 Å². The Labute approximate surface area is 125 Å². The molecule has 7 heteroatoms. The normalized spacial score (nSPS) is 20.1. The van der Waals surface area contributed by atoms with E-state index in [0.717, 1.165) is 12.2 Å². The van der Waals surface area contributed by atoms with Crippen LogP contribution in [0.3, 0.4) is 0 Å². The molecule has 1 saturated heterocycles. The number of nitrogens with zero attached hydrogens (tertiary/aromatic N) is 1. The second-order valence-corrected chi connectivity index (χ2v) is 8.33. The summed E-state index contributed by atoms with van der Waals surface area (Å²) in [5.41, 5.74) is 7.06. The third kappa shape index (κ3) is 3.21. The number of hydrogen-bond acceptors (Lipinski definition) is 5. The van der Waals surface area contributed by atoms with Crippen molar-refractivity contribution in [1.82, 2.24) is 4.31 Å². The van der Waals surface area contributed by atoms with Crippen LogP contribution in [0.4, 0.5) is 11.4 Å². The van der Waals surface area contributed by atoms with E-state index in [4.69, 9.17) is 5.73 Å². The van der Waals surface area contributed by atoms with Gasteiger partial charge in [-0.25, -0.2) is 12.7 Å². The van der Waals surface area contributed by atoms with Gasteiger partial charge < -0.3 is 11.1 Å². The van der Waals surface area contributed by atoms with E-state index in [9.17, 15) is 8.42 Å². The lowest BCUT2D eigenvalue weighted by Crippen LogP contribution is -2.27. The molecule has 1 fully saturated rings. The van der Waals surface area contributed by atoms with Crippen LogP contribution in [0.15, 0.2) is 23.1 Å². The van der Waals surface area contributed by atoms with E-state index >= 15 is 0 Å². The molecule has 3 N–H and O–H groups in total. The molecule has 1 aromatic carbocycles. The Bertz CT molecular complexity index is 567. The predicted molar refractivity (Wildman–Crippen MR) is 85.7 cm³/mol. The zero-order valence-corrected chi connectivity index (χ0v) is 13.4. The first-order valence-electron chi connectivity index (χ1n) is 6.58. The Balaban J connectivity index is 2.27. The van der Waals surface area contributed by atoms with Crippen molar-refractivity contribution in [2.75, 3.05) is 36.7 Å². The summed E-state index contributed by atoms with van der Waals surface area (Å²) < 4.78 is 25.6. The first-order chi connectivity index (χ1) is 9.43. The highest BCUT2D eigenvalue weighted by atomic mass is 32.2. The van der Waals surface area contributed by atoms with Crippen molar-refractivity contribution in [1.29, 1.82) is 0 Å². The molecular formula is C13H21N3O2S2.